The maximum Gasteiger partial charge on any atom is 0.256 e. The van der Waals surface area contributed by atoms with E-state index in [0.29, 0.717) is 11.8 Å². The highest BCUT2D eigenvalue weighted by atomic mass is 16.3. The van der Waals surface area contributed by atoms with Crippen LogP contribution in [0.4, 0.5) is 0 Å². The summed E-state index contributed by atoms with van der Waals surface area (Å²) in [5.74, 6) is 1.19. The number of hydrogen-bond donors (Lipinski definition) is 2. The van der Waals surface area contributed by atoms with Crippen molar-refractivity contribution in [1.82, 2.24) is 5.32 Å². The van der Waals surface area contributed by atoms with Crippen molar-refractivity contribution in [3.05, 3.63) is 92.3 Å². The van der Waals surface area contributed by atoms with Gasteiger partial charge >= 0.3 is 0 Å². The van der Waals surface area contributed by atoms with Crippen LogP contribution in [-0.4, -0.2) is 17.6 Å². The van der Waals surface area contributed by atoms with Gasteiger partial charge in [0.25, 0.3) is 5.91 Å². The molecule has 1 saturated heterocycles. The molecule has 3 heteroatoms. The second-order valence-electron chi connectivity index (χ2n) is 10.3. The molecule has 34 heavy (non-hydrogen) atoms. The van der Waals surface area contributed by atoms with Gasteiger partial charge in [-0.05, 0) is 90.9 Å². The SMILES string of the molecule is CCc1ccc(C)c(C2C=C3C(=CC2CC)NC(=O)/C3=C\C2=C(C)C(CO)=C(C)C(C)C2C)c1. The molecule has 4 unspecified atom stereocenters. The number of carbonyl (C=O) groups excluding carboxylic acids is 1. The molecule has 1 aromatic carbocycles. The van der Waals surface area contributed by atoms with Gasteiger partial charge in [0.05, 0.1) is 6.61 Å². The van der Waals surface area contributed by atoms with Crippen LogP contribution in [0.1, 0.15) is 70.6 Å². The van der Waals surface area contributed by atoms with E-state index in [1.807, 2.05) is 0 Å². The Kier molecular flexibility index (Phi) is 6.87. The molecule has 0 aromatic heterocycles. The highest BCUT2D eigenvalue weighted by molar-refractivity contribution is 6.05. The molecule has 180 valence electrons. The molecule has 1 aromatic rings. The molecular formula is C31H39NO2. The summed E-state index contributed by atoms with van der Waals surface area (Å²) in [5, 5.41) is 13.2. The highest BCUT2D eigenvalue weighted by Crippen LogP contribution is 2.44. The summed E-state index contributed by atoms with van der Waals surface area (Å²) >= 11 is 0. The van der Waals surface area contributed by atoms with Crippen LogP contribution < -0.4 is 5.32 Å². The van der Waals surface area contributed by atoms with Crippen LogP contribution in [0.25, 0.3) is 0 Å². The molecule has 2 N–H and O–H groups in total. The number of aryl methyl sites for hydroxylation is 2. The number of hydrogen-bond acceptors (Lipinski definition) is 2. The van der Waals surface area contributed by atoms with E-state index < -0.39 is 0 Å². The Balaban J connectivity index is 1.84. The number of rotatable bonds is 5. The number of allylic oxidation sites excluding steroid dienone is 6. The molecule has 4 rings (SSSR count). The average Bonchev–Trinajstić information content (AvgIpc) is 3.14. The molecule has 0 radical (unpaired) electrons. The van der Waals surface area contributed by atoms with Gasteiger partial charge in [-0.2, -0.15) is 0 Å². The first-order valence-corrected chi connectivity index (χ1v) is 12.8. The van der Waals surface area contributed by atoms with E-state index in [0.717, 1.165) is 46.4 Å². The summed E-state index contributed by atoms with van der Waals surface area (Å²) in [6, 6.07) is 6.81. The Bertz CT molecular complexity index is 1170. The lowest BCUT2D eigenvalue weighted by Gasteiger charge is -2.32. The Hall–Kier alpha value is -2.65. The van der Waals surface area contributed by atoms with Crippen LogP contribution in [0.3, 0.4) is 0 Å². The first-order chi connectivity index (χ1) is 16.2. The highest BCUT2D eigenvalue weighted by Gasteiger charge is 2.36. The van der Waals surface area contributed by atoms with Gasteiger partial charge in [-0.1, -0.05) is 63.6 Å². The standard InChI is InChI=1S/C31H39NO2/c1-8-22-11-10-17(3)24(12-22)26-15-27-28(31(34)32-30(27)13-23(26)9-2)14-25-19(5)18(4)20(6)29(16-33)21(25)7/h10-15,18-19,23,26,33H,8-9,16H2,1-7H3,(H,32,34)/b28-14-. The third-order valence-corrected chi connectivity index (χ3v) is 8.59. The number of aliphatic hydroxyl groups is 1. The van der Waals surface area contributed by atoms with Crippen molar-refractivity contribution in [1.29, 1.82) is 0 Å². The molecular weight excluding hydrogens is 418 g/mol. The van der Waals surface area contributed by atoms with Crippen LogP contribution in [0.15, 0.2) is 75.6 Å². The van der Waals surface area contributed by atoms with Crippen molar-refractivity contribution in [3.63, 3.8) is 0 Å². The third-order valence-electron chi connectivity index (χ3n) is 8.59. The maximum atomic E-state index is 13.2. The quantitative estimate of drug-likeness (QED) is 0.499. The Morgan fingerprint density at radius 3 is 2.44 bits per heavy atom. The molecule has 3 aliphatic rings. The lowest BCUT2D eigenvalue weighted by molar-refractivity contribution is -0.115. The van der Waals surface area contributed by atoms with E-state index in [2.05, 4.69) is 90.2 Å². The first kappa shape index (κ1) is 24.5. The number of aliphatic hydroxyl groups excluding tert-OH is 1. The largest absolute Gasteiger partial charge is 0.392 e. The summed E-state index contributed by atoms with van der Waals surface area (Å²) in [7, 11) is 0. The molecule has 1 heterocycles. The van der Waals surface area contributed by atoms with Gasteiger partial charge in [0, 0.05) is 22.8 Å². The van der Waals surface area contributed by atoms with Crippen LogP contribution in [0, 0.1) is 24.7 Å². The van der Waals surface area contributed by atoms with E-state index in [9.17, 15) is 9.90 Å². The molecule has 0 bridgehead atoms. The van der Waals surface area contributed by atoms with Crippen LogP contribution in [0.2, 0.25) is 0 Å². The van der Waals surface area contributed by atoms with Gasteiger partial charge in [0.15, 0.2) is 0 Å². The van der Waals surface area contributed by atoms with Gasteiger partial charge < -0.3 is 10.4 Å². The smallest absolute Gasteiger partial charge is 0.256 e. The van der Waals surface area contributed by atoms with Gasteiger partial charge in [0.2, 0.25) is 0 Å². The topological polar surface area (TPSA) is 49.3 Å². The fourth-order valence-electron chi connectivity index (χ4n) is 5.93. The Morgan fingerprint density at radius 1 is 1.06 bits per heavy atom. The normalized spacial score (nSPS) is 28.2. The molecule has 3 nitrogen and oxygen atoms in total. The Labute approximate surface area is 205 Å². The van der Waals surface area contributed by atoms with Crippen molar-refractivity contribution in [3.8, 4) is 0 Å². The molecule has 0 spiro atoms. The van der Waals surface area contributed by atoms with Crippen molar-refractivity contribution in [2.45, 2.75) is 67.2 Å². The molecule has 4 atom stereocenters. The predicted octanol–water partition coefficient (Wildman–Crippen LogP) is 6.46. The minimum absolute atomic E-state index is 0.0241. The zero-order valence-corrected chi connectivity index (χ0v) is 21.8. The lowest BCUT2D eigenvalue weighted by atomic mass is 9.72. The fourth-order valence-corrected chi connectivity index (χ4v) is 5.93. The van der Waals surface area contributed by atoms with Gasteiger partial charge in [-0.15, -0.1) is 0 Å². The van der Waals surface area contributed by atoms with Gasteiger partial charge in [-0.3, -0.25) is 4.79 Å². The minimum atomic E-state index is -0.0241. The first-order valence-electron chi connectivity index (χ1n) is 12.8. The second-order valence-corrected chi connectivity index (χ2v) is 10.3. The van der Waals surface area contributed by atoms with Crippen molar-refractivity contribution >= 4 is 5.91 Å². The van der Waals surface area contributed by atoms with Gasteiger partial charge in [0.1, 0.15) is 0 Å². The summed E-state index contributed by atoms with van der Waals surface area (Å²) < 4.78 is 0. The van der Waals surface area contributed by atoms with Crippen LogP contribution in [0.5, 0.6) is 0 Å². The van der Waals surface area contributed by atoms with Crippen molar-refractivity contribution in [2.24, 2.45) is 17.8 Å². The van der Waals surface area contributed by atoms with Crippen LogP contribution >= 0.6 is 0 Å². The van der Waals surface area contributed by atoms with E-state index in [1.54, 1.807) is 0 Å². The van der Waals surface area contributed by atoms with Gasteiger partial charge in [-0.25, -0.2) is 0 Å². The predicted molar refractivity (Wildman–Crippen MR) is 140 cm³/mol. The summed E-state index contributed by atoms with van der Waals surface area (Å²) in [6.07, 6.45) is 8.73. The number of carbonyl (C=O) groups is 1. The molecule has 1 amide bonds. The number of benzene rings is 1. The zero-order valence-electron chi connectivity index (χ0n) is 21.8. The fraction of sp³-hybridized carbons (Fsp3) is 0.452. The van der Waals surface area contributed by atoms with Crippen molar-refractivity contribution in [2.75, 3.05) is 6.61 Å². The van der Waals surface area contributed by atoms with E-state index in [4.69, 9.17) is 0 Å². The maximum absolute atomic E-state index is 13.2. The summed E-state index contributed by atoms with van der Waals surface area (Å²) in [5.41, 5.74) is 11.3. The second kappa shape index (κ2) is 9.54. The zero-order chi connectivity index (χ0) is 24.7. The summed E-state index contributed by atoms with van der Waals surface area (Å²) in [6.45, 7) is 15.3. The van der Waals surface area contributed by atoms with E-state index >= 15 is 0 Å². The Morgan fingerprint density at radius 2 is 1.79 bits per heavy atom. The average molecular weight is 458 g/mol. The van der Waals surface area contributed by atoms with E-state index in [-0.39, 0.29) is 24.3 Å². The molecule has 2 aliphatic carbocycles. The lowest BCUT2D eigenvalue weighted by Crippen LogP contribution is -2.21. The molecule has 1 aliphatic heterocycles. The molecule has 1 fully saturated rings. The monoisotopic (exact) mass is 457 g/mol. The third kappa shape index (κ3) is 4.05. The molecule has 0 saturated carbocycles. The van der Waals surface area contributed by atoms with E-state index in [1.165, 1.54) is 22.3 Å². The number of nitrogens with one attached hydrogen (secondary N) is 1. The van der Waals surface area contributed by atoms with Crippen LogP contribution in [-0.2, 0) is 11.2 Å². The number of amides is 1. The minimum Gasteiger partial charge on any atom is -0.392 e. The van der Waals surface area contributed by atoms with Crippen molar-refractivity contribution < 1.29 is 9.90 Å². The number of fused-ring (bicyclic) bond motifs is 1. The summed E-state index contributed by atoms with van der Waals surface area (Å²) in [4.78, 5) is 13.2.